The molecule has 0 fully saturated rings. The van der Waals surface area contributed by atoms with Gasteiger partial charge in [0.05, 0.1) is 19.2 Å². The highest BCUT2D eigenvalue weighted by molar-refractivity contribution is 7.94. The van der Waals surface area contributed by atoms with Gasteiger partial charge in [0.15, 0.2) is 0 Å². The number of benzene rings is 1. The van der Waals surface area contributed by atoms with Crippen molar-refractivity contribution in [3.8, 4) is 5.75 Å². The Morgan fingerprint density at radius 2 is 2.25 bits per heavy atom. The number of ether oxygens (including phenoxy) is 1. The molecule has 5 heteroatoms. The molecule has 0 spiro atoms. The van der Waals surface area contributed by atoms with E-state index in [9.17, 15) is 0 Å². The molecule has 0 saturated heterocycles. The Hall–Kier alpha value is -0.750. The third-order valence-electron chi connectivity index (χ3n) is 1.20. The lowest BCUT2D eigenvalue weighted by molar-refractivity contribution is -0.432. The zero-order valence-corrected chi connectivity index (χ0v) is 7.21. The van der Waals surface area contributed by atoms with Crippen LogP contribution in [0.25, 0.3) is 0 Å². The third-order valence-corrected chi connectivity index (χ3v) is 1.78. The molecule has 1 aromatic carbocycles. The van der Waals surface area contributed by atoms with Crippen molar-refractivity contribution in [3.05, 3.63) is 24.3 Å². The SMILES string of the molecule is COc1cccc(SOOO)c1. The summed E-state index contributed by atoms with van der Waals surface area (Å²) in [6.07, 6.45) is 0. The maximum absolute atomic E-state index is 7.88. The first kappa shape index (κ1) is 9.34. The second-order valence-corrected chi connectivity index (χ2v) is 2.68. The predicted molar refractivity (Wildman–Crippen MR) is 43.6 cm³/mol. The zero-order chi connectivity index (χ0) is 8.81. The van der Waals surface area contributed by atoms with Crippen LogP contribution in [0.4, 0.5) is 0 Å². The highest BCUT2D eigenvalue weighted by atomic mass is 32.2. The van der Waals surface area contributed by atoms with E-state index in [4.69, 9.17) is 9.99 Å². The van der Waals surface area contributed by atoms with Crippen LogP contribution in [0.15, 0.2) is 29.2 Å². The quantitative estimate of drug-likeness (QED) is 0.445. The Labute approximate surface area is 74.1 Å². The van der Waals surface area contributed by atoms with E-state index < -0.39 is 0 Å². The molecule has 0 aliphatic rings. The second kappa shape index (κ2) is 5.00. The van der Waals surface area contributed by atoms with Crippen LogP contribution in [0, 0.1) is 0 Å². The molecule has 1 N–H and O–H groups in total. The summed E-state index contributed by atoms with van der Waals surface area (Å²) in [5.41, 5.74) is 0. The third kappa shape index (κ3) is 2.71. The standard InChI is InChI=1S/C7H8O4S/c1-9-6-3-2-4-7(5-6)12-11-10-8/h2-5,8H,1H3. The van der Waals surface area contributed by atoms with Crippen molar-refractivity contribution in [1.29, 1.82) is 0 Å². The van der Waals surface area contributed by atoms with Crippen LogP contribution < -0.4 is 4.74 Å². The number of hydrogen-bond donors (Lipinski definition) is 1. The fourth-order valence-electron chi connectivity index (χ4n) is 0.708. The summed E-state index contributed by atoms with van der Waals surface area (Å²) in [6, 6.07) is 7.17. The van der Waals surface area contributed by atoms with Gasteiger partial charge in [-0.25, -0.2) is 5.26 Å². The highest BCUT2D eigenvalue weighted by Gasteiger charge is 1.96. The molecule has 4 nitrogen and oxygen atoms in total. The largest absolute Gasteiger partial charge is 0.497 e. The molecular weight excluding hydrogens is 180 g/mol. The van der Waals surface area contributed by atoms with E-state index in [2.05, 4.69) is 9.37 Å². The smallest absolute Gasteiger partial charge is 0.120 e. The molecule has 66 valence electrons. The van der Waals surface area contributed by atoms with E-state index in [1.54, 1.807) is 19.2 Å². The summed E-state index contributed by atoms with van der Waals surface area (Å²) in [5.74, 6) is 0.724. The molecule has 0 bridgehead atoms. The summed E-state index contributed by atoms with van der Waals surface area (Å²) in [7, 11) is 1.58. The van der Waals surface area contributed by atoms with Gasteiger partial charge in [-0.05, 0) is 18.2 Å². The summed E-state index contributed by atoms with van der Waals surface area (Å²) in [6.45, 7) is 0. The average Bonchev–Trinajstić information content (AvgIpc) is 2.15. The second-order valence-electron chi connectivity index (χ2n) is 1.90. The fourth-order valence-corrected chi connectivity index (χ4v) is 1.11. The summed E-state index contributed by atoms with van der Waals surface area (Å²) < 4.78 is 9.20. The van der Waals surface area contributed by atoms with E-state index in [0.717, 1.165) is 22.7 Å². The van der Waals surface area contributed by atoms with Gasteiger partial charge in [0.2, 0.25) is 0 Å². The summed E-state index contributed by atoms with van der Waals surface area (Å²) in [5, 5.41) is 11.3. The van der Waals surface area contributed by atoms with Crippen molar-refractivity contribution in [2.75, 3.05) is 7.11 Å². The first-order chi connectivity index (χ1) is 5.86. The predicted octanol–water partition coefficient (Wildman–Crippen LogP) is 2.12. The molecule has 0 unspecified atom stereocenters. The minimum absolute atomic E-state index is 0.724. The molecule has 0 amide bonds. The Bertz CT molecular complexity index is 241. The zero-order valence-electron chi connectivity index (χ0n) is 6.39. The topological polar surface area (TPSA) is 47.9 Å². The summed E-state index contributed by atoms with van der Waals surface area (Å²) in [4.78, 5) is 0.781. The maximum atomic E-state index is 7.88. The van der Waals surface area contributed by atoms with Gasteiger partial charge >= 0.3 is 0 Å². The van der Waals surface area contributed by atoms with E-state index in [1.807, 2.05) is 12.1 Å². The molecule has 0 atom stereocenters. The van der Waals surface area contributed by atoms with E-state index in [-0.39, 0.29) is 0 Å². The monoisotopic (exact) mass is 188 g/mol. The molecule has 1 rings (SSSR count). The molecule has 1 aromatic rings. The van der Waals surface area contributed by atoms with Crippen molar-refractivity contribution in [1.82, 2.24) is 0 Å². The Balaban J connectivity index is 2.60. The summed E-state index contributed by atoms with van der Waals surface area (Å²) >= 11 is 0.898. The maximum Gasteiger partial charge on any atom is 0.120 e. The molecular formula is C7H8O4S. The van der Waals surface area contributed by atoms with E-state index >= 15 is 0 Å². The minimum Gasteiger partial charge on any atom is -0.497 e. The van der Waals surface area contributed by atoms with Gasteiger partial charge in [-0.3, -0.25) is 0 Å². The first-order valence-electron chi connectivity index (χ1n) is 3.15. The molecule has 0 aliphatic heterocycles. The van der Waals surface area contributed by atoms with Crippen molar-refractivity contribution in [2.45, 2.75) is 4.90 Å². The number of rotatable bonds is 4. The molecule has 0 saturated carbocycles. The Morgan fingerprint density at radius 3 is 2.92 bits per heavy atom. The van der Waals surface area contributed by atoms with Crippen LogP contribution in [0.3, 0.4) is 0 Å². The van der Waals surface area contributed by atoms with Crippen LogP contribution in [-0.2, 0) is 9.37 Å². The average molecular weight is 188 g/mol. The van der Waals surface area contributed by atoms with Crippen LogP contribution in [0.1, 0.15) is 0 Å². The van der Waals surface area contributed by atoms with Gasteiger partial charge in [-0.1, -0.05) is 11.1 Å². The van der Waals surface area contributed by atoms with Gasteiger partial charge in [0.1, 0.15) is 5.75 Å². The number of hydrogen-bond acceptors (Lipinski definition) is 5. The molecule has 0 heterocycles. The molecule has 0 aromatic heterocycles. The van der Waals surface area contributed by atoms with E-state index in [1.165, 1.54) is 0 Å². The van der Waals surface area contributed by atoms with Gasteiger partial charge in [-0.2, -0.15) is 0 Å². The van der Waals surface area contributed by atoms with Gasteiger partial charge in [-0.15, -0.1) is 4.33 Å². The highest BCUT2D eigenvalue weighted by Crippen LogP contribution is 2.23. The van der Waals surface area contributed by atoms with E-state index in [0.29, 0.717) is 0 Å². The first-order valence-corrected chi connectivity index (χ1v) is 3.90. The van der Waals surface area contributed by atoms with Crippen molar-refractivity contribution in [3.63, 3.8) is 0 Å². The van der Waals surface area contributed by atoms with Gasteiger partial charge in [0.25, 0.3) is 0 Å². The van der Waals surface area contributed by atoms with Crippen molar-refractivity contribution in [2.24, 2.45) is 0 Å². The lowest BCUT2D eigenvalue weighted by Gasteiger charge is -2.00. The molecule has 0 radical (unpaired) electrons. The molecule has 0 aliphatic carbocycles. The Morgan fingerprint density at radius 1 is 1.42 bits per heavy atom. The van der Waals surface area contributed by atoms with Gasteiger partial charge < -0.3 is 4.74 Å². The van der Waals surface area contributed by atoms with Gasteiger partial charge in [0, 0.05) is 4.90 Å². The van der Waals surface area contributed by atoms with Crippen molar-refractivity contribution < 1.29 is 19.4 Å². The lowest BCUT2D eigenvalue weighted by Crippen LogP contribution is -1.83. The van der Waals surface area contributed by atoms with Crippen LogP contribution in [-0.4, -0.2) is 12.4 Å². The lowest BCUT2D eigenvalue weighted by atomic mass is 10.3. The fraction of sp³-hybridized carbons (Fsp3) is 0.143. The minimum atomic E-state index is 0.724. The molecule has 12 heavy (non-hydrogen) atoms. The Kier molecular flexibility index (Phi) is 3.89. The van der Waals surface area contributed by atoms with Crippen LogP contribution in [0.5, 0.6) is 5.75 Å². The van der Waals surface area contributed by atoms with Crippen LogP contribution in [0.2, 0.25) is 0 Å². The normalized spacial score (nSPS) is 9.83. The van der Waals surface area contributed by atoms with Crippen molar-refractivity contribution >= 4 is 12.0 Å². The van der Waals surface area contributed by atoms with Crippen LogP contribution >= 0.6 is 12.0 Å². The number of methoxy groups -OCH3 is 1.